The van der Waals surface area contributed by atoms with E-state index in [1.54, 1.807) is 44.2 Å². The molecule has 0 bridgehead atoms. The van der Waals surface area contributed by atoms with Crippen molar-refractivity contribution in [2.45, 2.75) is 57.6 Å². The van der Waals surface area contributed by atoms with Crippen LogP contribution in [0.4, 0.5) is 5.69 Å². The Labute approximate surface area is 230 Å². The minimum absolute atomic E-state index is 0.0457. The van der Waals surface area contributed by atoms with Gasteiger partial charge in [-0.05, 0) is 62.6 Å². The van der Waals surface area contributed by atoms with Gasteiger partial charge in [-0.1, -0.05) is 73.1 Å². The van der Waals surface area contributed by atoms with E-state index in [1.807, 2.05) is 44.2 Å². The molecule has 2 amide bonds. The van der Waals surface area contributed by atoms with Gasteiger partial charge in [-0.3, -0.25) is 13.9 Å². The monoisotopic (exact) mass is 555 g/mol. The van der Waals surface area contributed by atoms with Crippen molar-refractivity contribution in [3.63, 3.8) is 0 Å². The molecule has 0 aliphatic rings. The first-order chi connectivity index (χ1) is 18.0. The summed E-state index contributed by atoms with van der Waals surface area (Å²) in [5.41, 5.74) is 1.75. The maximum absolute atomic E-state index is 13.9. The van der Waals surface area contributed by atoms with Crippen molar-refractivity contribution >= 4 is 39.1 Å². The van der Waals surface area contributed by atoms with Crippen LogP contribution < -0.4 is 9.62 Å². The lowest BCUT2D eigenvalue weighted by atomic mass is 10.1. The van der Waals surface area contributed by atoms with Gasteiger partial charge < -0.3 is 10.2 Å². The van der Waals surface area contributed by atoms with Crippen molar-refractivity contribution < 1.29 is 18.0 Å². The number of carbonyl (C=O) groups is 2. The molecule has 0 aromatic heterocycles. The molecule has 9 heteroatoms. The van der Waals surface area contributed by atoms with Crippen LogP contribution in [0.25, 0.3) is 0 Å². The van der Waals surface area contributed by atoms with Gasteiger partial charge in [0.2, 0.25) is 11.8 Å². The van der Waals surface area contributed by atoms with E-state index in [0.717, 1.165) is 16.3 Å². The topological polar surface area (TPSA) is 86.8 Å². The number of amides is 2. The van der Waals surface area contributed by atoms with Crippen LogP contribution in [-0.4, -0.2) is 43.8 Å². The van der Waals surface area contributed by atoms with Gasteiger partial charge in [-0.25, -0.2) is 8.42 Å². The Bertz CT molecular complexity index is 1350. The number of halogens is 1. The number of hydrogen-bond donors (Lipinski definition) is 1. The van der Waals surface area contributed by atoms with Crippen molar-refractivity contribution in [1.29, 1.82) is 0 Å². The normalized spacial score (nSPS) is 12.9. The van der Waals surface area contributed by atoms with Crippen LogP contribution in [0.3, 0.4) is 0 Å². The lowest BCUT2D eigenvalue weighted by Gasteiger charge is -2.33. The third kappa shape index (κ3) is 7.14. The average Bonchev–Trinajstić information content (AvgIpc) is 2.92. The largest absolute Gasteiger partial charge is 0.352 e. The second kappa shape index (κ2) is 12.9. The summed E-state index contributed by atoms with van der Waals surface area (Å²) in [6.45, 7) is 6.90. The van der Waals surface area contributed by atoms with Gasteiger partial charge >= 0.3 is 0 Å². The zero-order valence-corrected chi connectivity index (χ0v) is 23.7. The number of sulfonamides is 1. The van der Waals surface area contributed by atoms with Gasteiger partial charge in [0.1, 0.15) is 12.6 Å². The number of anilines is 1. The maximum Gasteiger partial charge on any atom is 0.264 e. The summed E-state index contributed by atoms with van der Waals surface area (Å²) in [7, 11) is -4.14. The summed E-state index contributed by atoms with van der Waals surface area (Å²) >= 11 is 6.25. The predicted molar refractivity (Wildman–Crippen MR) is 152 cm³/mol. The number of rotatable bonds is 11. The molecule has 3 rings (SSSR count). The van der Waals surface area contributed by atoms with Gasteiger partial charge in [-0.15, -0.1) is 0 Å². The fraction of sp³-hybridized carbons (Fsp3) is 0.310. The maximum atomic E-state index is 13.9. The molecule has 0 saturated carbocycles. The highest BCUT2D eigenvalue weighted by atomic mass is 35.5. The first kappa shape index (κ1) is 29.2. The third-order valence-corrected chi connectivity index (χ3v) is 8.42. The molecule has 7 nitrogen and oxygen atoms in total. The minimum Gasteiger partial charge on any atom is -0.352 e. The third-order valence-electron chi connectivity index (χ3n) is 6.41. The molecular weight excluding hydrogens is 522 g/mol. The Morgan fingerprint density at radius 3 is 2.16 bits per heavy atom. The Morgan fingerprint density at radius 1 is 0.947 bits per heavy atom. The number of aryl methyl sites for hydroxylation is 1. The fourth-order valence-electron chi connectivity index (χ4n) is 3.91. The van der Waals surface area contributed by atoms with Crippen LogP contribution in [0.2, 0.25) is 5.02 Å². The molecule has 0 heterocycles. The number of carbonyl (C=O) groups excluding carboxylic acids is 2. The highest BCUT2D eigenvalue weighted by Gasteiger charge is 2.33. The average molecular weight is 556 g/mol. The number of nitrogens with one attached hydrogen (secondary N) is 1. The molecule has 0 radical (unpaired) electrons. The quantitative estimate of drug-likeness (QED) is 0.353. The predicted octanol–water partition coefficient (Wildman–Crippen LogP) is 5.18. The SMILES string of the molecule is CC[C@H](C)NC(=O)[C@@H](C)N(Cc1ccccc1)C(=O)CN(c1cc(Cl)ccc1C)S(=O)(=O)c1ccccc1. The Kier molecular flexibility index (Phi) is 9.94. The zero-order valence-electron chi connectivity index (χ0n) is 22.1. The molecule has 0 spiro atoms. The lowest BCUT2D eigenvalue weighted by molar-refractivity contribution is -0.139. The van der Waals surface area contributed by atoms with E-state index < -0.39 is 28.5 Å². The van der Waals surface area contributed by atoms with Crippen LogP contribution in [0.1, 0.15) is 38.3 Å². The lowest BCUT2D eigenvalue weighted by Crippen LogP contribution is -2.52. The molecule has 0 saturated heterocycles. The van der Waals surface area contributed by atoms with Gasteiger partial charge in [0.15, 0.2) is 0 Å². The molecule has 1 N–H and O–H groups in total. The van der Waals surface area contributed by atoms with E-state index in [2.05, 4.69) is 5.32 Å². The van der Waals surface area contributed by atoms with Gasteiger partial charge in [0, 0.05) is 17.6 Å². The molecule has 0 aliphatic carbocycles. The van der Waals surface area contributed by atoms with E-state index in [0.29, 0.717) is 16.3 Å². The van der Waals surface area contributed by atoms with Gasteiger partial charge in [-0.2, -0.15) is 0 Å². The van der Waals surface area contributed by atoms with E-state index in [9.17, 15) is 18.0 Å². The summed E-state index contributed by atoms with van der Waals surface area (Å²) < 4.78 is 28.7. The zero-order chi connectivity index (χ0) is 27.9. The van der Waals surface area contributed by atoms with Crippen molar-refractivity contribution in [2.75, 3.05) is 10.8 Å². The van der Waals surface area contributed by atoms with E-state index in [-0.39, 0.29) is 23.4 Å². The van der Waals surface area contributed by atoms with Crippen LogP contribution in [0.15, 0.2) is 83.8 Å². The summed E-state index contributed by atoms with van der Waals surface area (Å²) in [6, 6.07) is 21.2. The summed E-state index contributed by atoms with van der Waals surface area (Å²) in [5, 5.41) is 3.27. The second-order valence-electron chi connectivity index (χ2n) is 9.26. The highest BCUT2D eigenvalue weighted by Crippen LogP contribution is 2.30. The van der Waals surface area contributed by atoms with Crippen molar-refractivity contribution in [3.8, 4) is 0 Å². The molecule has 2 atom stereocenters. The highest BCUT2D eigenvalue weighted by molar-refractivity contribution is 7.92. The first-order valence-corrected chi connectivity index (χ1v) is 14.3. The molecule has 0 unspecified atom stereocenters. The van der Waals surface area contributed by atoms with Crippen LogP contribution >= 0.6 is 11.6 Å². The van der Waals surface area contributed by atoms with Gasteiger partial charge in [0.25, 0.3) is 10.0 Å². The van der Waals surface area contributed by atoms with E-state index in [4.69, 9.17) is 11.6 Å². The van der Waals surface area contributed by atoms with Crippen LogP contribution in [-0.2, 0) is 26.2 Å². The van der Waals surface area contributed by atoms with Gasteiger partial charge in [0.05, 0.1) is 10.6 Å². The Hall–Kier alpha value is -3.36. The smallest absolute Gasteiger partial charge is 0.264 e. The first-order valence-electron chi connectivity index (χ1n) is 12.5. The van der Waals surface area contributed by atoms with Crippen LogP contribution in [0.5, 0.6) is 0 Å². The molecule has 202 valence electrons. The summed E-state index contributed by atoms with van der Waals surface area (Å²) in [5.74, 6) is -0.820. The second-order valence-corrected chi connectivity index (χ2v) is 11.6. The minimum atomic E-state index is -4.14. The number of hydrogen-bond acceptors (Lipinski definition) is 4. The molecule has 3 aromatic carbocycles. The number of benzene rings is 3. The molecule has 3 aromatic rings. The van der Waals surface area contributed by atoms with Crippen LogP contribution in [0, 0.1) is 6.92 Å². The summed E-state index contributed by atoms with van der Waals surface area (Å²) in [6.07, 6.45) is 0.738. The molecule has 0 fully saturated rings. The van der Waals surface area contributed by atoms with Crippen molar-refractivity contribution in [3.05, 3.63) is 95.0 Å². The standard InChI is InChI=1S/C29H34ClN3O4S/c1-5-22(3)31-29(35)23(4)32(19-24-12-8-6-9-13-24)28(34)20-33(27-18-25(30)17-16-21(27)2)38(36,37)26-14-10-7-11-15-26/h6-18,22-23H,5,19-20H2,1-4H3,(H,31,35)/t22-,23+/m0/s1. The molecular formula is C29H34ClN3O4S. The van der Waals surface area contributed by atoms with E-state index in [1.165, 1.54) is 23.1 Å². The van der Waals surface area contributed by atoms with E-state index >= 15 is 0 Å². The summed E-state index contributed by atoms with van der Waals surface area (Å²) in [4.78, 5) is 28.4. The van der Waals surface area contributed by atoms with Crippen molar-refractivity contribution in [1.82, 2.24) is 10.2 Å². The molecule has 38 heavy (non-hydrogen) atoms. The Balaban J connectivity index is 2.04. The molecule has 0 aliphatic heterocycles. The number of nitrogens with zero attached hydrogens (tertiary/aromatic N) is 2. The van der Waals surface area contributed by atoms with Crippen molar-refractivity contribution in [2.24, 2.45) is 0 Å². The fourth-order valence-corrected chi connectivity index (χ4v) is 5.57. The Morgan fingerprint density at radius 2 is 1.55 bits per heavy atom.